The molecule has 4 nitrogen and oxygen atoms in total. The minimum Gasteiger partial charge on any atom is -0.508 e. The van der Waals surface area contributed by atoms with E-state index < -0.39 is 0 Å². The summed E-state index contributed by atoms with van der Waals surface area (Å²) >= 11 is 0. The average Bonchev–Trinajstić information content (AvgIpc) is 2.39. The topological polar surface area (TPSA) is 44.7 Å². The van der Waals surface area contributed by atoms with Gasteiger partial charge in [-0.3, -0.25) is 0 Å². The first-order chi connectivity index (χ1) is 8.29. The molecule has 0 unspecified atom stereocenters. The van der Waals surface area contributed by atoms with Crippen molar-refractivity contribution in [2.24, 2.45) is 0 Å². The number of phenols is 1. The Morgan fingerprint density at radius 3 is 2.82 bits per heavy atom. The second kappa shape index (κ2) is 5.89. The number of phenolic OH excluding ortho intramolecular Hbond substituents is 1. The Morgan fingerprint density at radius 1 is 1.35 bits per heavy atom. The van der Waals surface area contributed by atoms with Gasteiger partial charge in [0.05, 0.1) is 7.11 Å². The molecule has 1 aliphatic heterocycles. The zero-order chi connectivity index (χ0) is 12.1. The van der Waals surface area contributed by atoms with Crippen LogP contribution in [-0.4, -0.2) is 49.8 Å². The van der Waals surface area contributed by atoms with Crippen LogP contribution in [0.15, 0.2) is 18.2 Å². The monoisotopic (exact) mass is 236 g/mol. The van der Waals surface area contributed by atoms with Gasteiger partial charge in [0.25, 0.3) is 0 Å². The molecule has 1 saturated heterocycles. The van der Waals surface area contributed by atoms with Crippen LogP contribution in [0.5, 0.6) is 11.5 Å². The molecule has 2 rings (SSSR count). The molecular weight excluding hydrogens is 216 g/mol. The van der Waals surface area contributed by atoms with Crippen molar-refractivity contribution in [3.05, 3.63) is 23.8 Å². The van der Waals surface area contributed by atoms with Gasteiger partial charge in [-0.1, -0.05) is 0 Å². The van der Waals surface area contributed by atoms with Crippen molar-refractivity contribution in [3.63, 3.8) is 0 Å². The molecule has 1 heterocycles. The van der Waals surface area contributed by atoms with Gasteiger partial charge in [-0.2, -0.15) is 0 Å². The number of hydrogen-bond acceptors (Lipinski definition) is 4. The Bertz CT molecular complexity index is 362. The van der Waals surface area contributed by atoms with Gasteiger partial charge >= 0.3 is 0 Å². The average molecular weight is 236 g/mol. The Labute approximate surface area is 102 Å². The van der Waals surface area contributed by atoms with E-state index in [0.717, 1.165) is 50.5 Å². The quantitative estimate of drug-likeness (QED) is 0.813. The van der Waals surface area contributed by atoms with Crippen LogP contribution in [0, 0.1) is 0 Å². The summed E-state index contributed by atoms with van der Waals surface area (Å²) in [7, 11) is 1.65. The number of piperazine rings is 1. The first-order valence-corrected chi connectivity index (χ1v) is 6.08. The molecule has 2 N–H and O–H groups in total. The Morgan fingerprint density at radius 2 is 2.12 bits per heavy atom. The summed E-state index contributed by atoms with van der Waals surface area (Å²) in [4.78, 5) is 2.41. The van der Waals surface area contributed by atoms with Crippen LogP contribution in [0.1, 0.15) is 5.56 Å². The molecule has 0 saturated carbocycles. The summed E-state index contributed by atoms with van der Waals surface area (Å²) in [6.07, 6.45) is 0.864. The number of hydrogen-bond donors (Lipinski definition) is 2. The highest BCUT2D eigenvalue weighted by molar-refractivity contribution is 5.39. The van der Waals surface area contributed by atoms with Crippen LogP contribution in [0.25, 0.3) is 0 Å². The van der Waals surface area contributed by atoms with Crippen molar-refractivity contribution in [1.82, 2.24) is 10.2 Å². The van der Waals surface area contributed by atoms with Crippen molar-refractivity contribution in [2.45, 2.75) is 6.42 Å². The SMILES string of the molecule is COc1ccc(O)c(CCN2CCNCC2)c1. The van der Waals surface area contributed by atoms with Gasteiger partial charge in [-0.05, 0) is 30.2 Å². The summed E-state index contributed by atoms with van der Waals surface area (Å²) in [6.45, 7) is 5.28. The zero-order valence-electron chi connectivity index (χ0n) is 10.3. The van der Waals surface area contributed by atoms with E-state index in [9.17, 15) is 5.11 Å². The van der Waals surface area contributed by atoms with Crippen LogP contribution in [-0.2, 0) is 6.42 Å². The van der Waals surface area contributed by atoms with Crippen LogP contribution in [0.2, 0.25) is 0 Å². The number of aromatic hydroxyl groups is 1. The molecule has 1 aliphatic rings. The molecular formula is C13H20N2O2. The molecule has 0 spiro atoms. The highest BCUT2D eigenvalue weighted by Gasteiger charge is 2.10. The molecule has 0 bridgehead atoms. The van der Waals surface area contributed by atoms with Crippen LogP contribution < -0.4 is 10.1 Å². The van der Waals surface area contributed by atoms with Gasteiger partial charge in [0.1, 0.15) is 11.5 Å². The molecule has 17 heavy (non-hydrogen) atoms. The van der Waals surface area contributed by atoms with E-state index in [-0.39, 0.29) is 0 Å². The van der Waals surface area contributed by atoms with Gasteiger partial charge in [0.2, 0.25) is 0 Å². The summed E-state index contributed by atoms with van der Waals surface area (Å²) in [5.74, 6) is 1.17. The van der Waals surface area contributed by atoms with Gasteiger partial charge in [-0.15, -0.1) is 0 Å². The van der Waals surface area contributed by atoms with Gasteiger partial charge in [0, 0.05) is 32.7 Å². The maximum Gasteiger partial charge on any atom is 0.119 e. The zero-order valence-corrected chi connectivity index (χ0v) is 10.3. The van der Waals surface area contributed by atoms with Crippen LogP contribution in [0.4, 0.5) is 0 Å². The van der Waals surface area contributed by atoms with E-state index in [1.165, 1.54) is 0 Å². The Kier molecular flexibility index (Phi) is 4.23. The van der Waals surface area contributed by atoms with E-state index in [1.807, 2.05) is 6.07 Å². The third kappa shape index (κ3) is 3.35. The van der Waals surface area contributed by atoms with Crippen molar-refractivity contribution in [1.29, 1.82) is 0 Å². The summed E-state index contributed by atoms with van der Waals surface area (Å²) in [6, 6.07) is 5.40. The van der Waals surface area contributed by atoms with E-state index in [2.05, 4.69) is 10.2 Å². The lowest BCUT2D eigenvalue weighted by Gasteiger charge is -2.27. The number of methoxy groups -OCH3 is 1. The van der Waals surface area contributed by atoms with E-state index in [4.69, 9.17) is 4.74 Å². The predicted octanol–water partition coefficient (Wildman–Crippen LogP) is 0.848. The van der Waals surface area contributed by atoms with Gasteiger partial charge in [-0.25, -0.2) is 0 Å². The standard InChI is InChI=1S/C13H20N2O2/c1-17-12-2-3-13(16)11(10-12)4-7-15-8-5-14-6-9-15/h2-3,10,14,16H,4-9H2,1H3. The van der Waals surface area contributed by atoms with Crippen molar-refractivity contribution in [3.8, 4) is 11.5 Å². The predicted molar refractivity (Wildman–Crippen MR) is 67.7 cm³/mol. The number of nitrogens with one attached hydrogen (secondary N) is 1. The lowest BCUT2D eigenvalue weighted by molar-refractivity contribution is 0.243. The van der Waals surface area contributed by atoms with Gasteiger partial charge < -0.3 is 20.1 Å². The number of benzene rings is 1. The maximum absolute atomic E-state index is 9.77. The minimum absolute atomic E-state index is 0.362. The fourth-order valence-electron chi connectivity index (χ4n) is 2.10. The van der Waals surface area contributed by atoms with E-state index in [1.54, 1.807) is 19.2 Å². The highest BCUT2D eigenvalue weighted by atomic mass is 16.5. The minimum atomic E-state index is 0.362. The Balaban J connectivity index is 1.92. The van der Waals surface area contributed by atoms with Crippen LogP contribution in [0.3, 0.4) is 0 Å². The summed E-state index contributed by atoms with van der Waals surface area (Å²) in [5.41, 5.74) is 0.961. The molecule has 0 aliphatic carbocycles. The van der Waals surface area contributed by atoms with Crippen molar-refractivity contribution in [2.75, 3.05) is 39.8 Å². The van der Waals surface area contributed by atoms with Gasteiger partial charge in [0.15, 0.2) is 0 Å². The van der Waals surface area contributed by atoms with E-state index in [0.29, 0.717) is 5.75 Å². The van der Waals surface area contributed by atoms with Crippen molar-refractivity contribution < 1.29 is 9.84 Å². The number of rotatable bonds is 4. The van der Waals surface area contributed by atoms with Crippen molar-refractivity contribution >= 4 is 0 Å². The lowest BCUT2D eigenvalue weighted by atomic mass is 10.1. The first-order valence-electron chi connectivity index (χ1n) is 6.08. The smallest absolute Gasteiger partial charge is 0.119 e. The molecule has 0 atom stereocenters. The fraction of sp³-hybridized carbons (Fsp3) is 0.538. The molecule has 1 aromatic carbocycles. The van der Waals surface area contributed by atoms with Crippen LogP contribution >= 0.6 is 0 Å². The van der Waals surface area contributed by atoms with E-state index >= 15 is 0 Å². The Hall–Kier alpha value is -1.26. The number of ether oxygens (including phenoxy) is 1. The highest BCUT2D eigenvalue weighted by Crippen LogP contribution is 2.23. The first kappa shape index (κ1) is 12.2. The largest absolute Gasteiger partial charge is 0.508 e. The molecule has 94 valence electrons. The fourth-order valence-corrected chi connectivity index (χ4v) is 2.10. The third-order valence-electron chi connectivity index (χ3n) is 3.19. The molecule has 1 aromatic rings. The molecule has 0 aromatic heterocycles. The second-order valence-corrected chi connectivity index (χ2v) is 4.34. The maximum atomic E-state index is 9.77. The third-order valence-corrected chi connectivity index (χ3v) is 3.19. The normalized spacial score (nSPS) is 17.0. The molecule has 0 radical (unpaired) electrons. The molecule has 1 fully saturated rings. The summed E-state index contributed by atoms with van der Waals surface area (Å²) in [5, 5.41) is 13.1. The second-order valence-electron chi connectivity index (χ2n) is 4.34. The number of nitrogens with zero attached hydrogens (tertiary/aromatic N) is 1. The lowest BCUT2D eigenvalue weighted by Crippen LogP contribution is -2.44. The molecule has 4 heteroatoms. The molecule has 0 amide bonds. The summed E-state index contributed by atoms with van der Waals surface area (Å²) < 4.78 is 5.17.